The van der Waals surface area contributed by atoms with Crippen LogP contribution >= 0.6 is 0 Å². The number of nitrogens with zero attached hydrogens (tertiary/aromatic N) is 5. The lowest BCUT2D eigenvalue weighted by molar-refractivity contribution is -0.0782. The van der Waals surface area contributed by atoms with Crippen molar-refractivity contribution >= 4 is 0 Å². The number of likely N-dealkylation sites (tertiary alicyclic amines) is 1. The van der Waals surface area contributed by atoms with Gasteiger partial charge >= 0.3 is 0 Å². The van der Waals surface area contributed by atoms with Crippen LogP contribution in [0.3, 0.4) is 0 Å². The molecule has 2 aliphatic rings. The average Bonchev–Trinajstić information content (AvgIpc) is 3.11. The molecule has 4 atom stereocenters. The minimum atomic E-state index is -0.316. The fraction of sp³-hybridized carbons (Fsp3) is 0.875. The van der Waals surface area contributed by atoms with E-state index in [1.807, 2.05) is 4.68 Å². The molecule has 0 radical (unpaired) electrons. The molecule has 0 amide bonds. The summed E-state index contributed by atoms with van der Waals surface area (Å²) in [5, 5.41) is 14.7. The van der Waals surface area contributed by atoms with Crippen molar-refractivity contribution in [2.75, 3.05) is 32.7 Å². The standard InChI is InChI=1S/C16H29N5O2/c1-13-6-19(7-14(2)23-13)9-16(22)10-20-5-3-4-15(20)8-21-12-17-11-18-21/h11-16,22H,3-10H2,1-2H3/t13-,14-,15+,16+/m1/s1. The van der Waals surface area contributed by atoms with Crippen molar-refractivity contribution in [2.24, 2.45) is 0 Å². The smallest absolute Gasteiger partial charge is 0.137 e. The van der Waals surface area contributed by atoms with Crippen molar-refractivity contribution in [3.63, 3.8) is 0 Å². The van der Waals surface area contributed by atoms with Gasteiger partial charge in [0.15, 0.2) is 0 Å². The molecule has 7 nitrogen and oxygen atoms in total. The minimum absolute atomic E-state index is 0.248. The highest BCUT2D eigenvalue weighted by Crippen LogP contribution is 2.19. The van der Waals surface area contributed by atoms with Gasteiger partial charge in [-0.3, -0.25) is 14.5 Å². The Morgan fingerprint density at radius 1 is 1.26 bits per heavy atom. The molecule has 3 rings (SSSR count). The largest absolute Gasteiger partial charge is 0.390 e. The Kier molecular flexibility index (Phi) is 5.63. The van der Waals surface area contributed by atoms with Gasteiger partial charge in [-0.25, -0.2) is 4.98 Å². The van der Waals surface area contributed by atoms with Crippen LogP contribution in [0.25, 0.3) is 0 Å². The zero-order chi connectivity index (χ0) is 16.2. The number of hydrogen-bond acceptors (Lipinski definition) is 6. The summed E-state index contributed by atoms with van der Waals surface area (Å²) in [5.41, 5.74) is 0. The van der Waals surface area contributed by atoms with Crippen LogP contribution in [-0.2, 0) is 11.3 Å². The van der Waals surface area contributed by atoms with Gasteiger partial charge in [0.2, 0.25) is 0 Å². The lowest BCUT2D eigenvalue weighted by Crippen LogP contribution is -2.50. The second kappa shape index (κ2) is 7.70. The second-order valence-electron chi connectivity index (χ2n) is 7.04. The van der Waals surface area contributed by atoms with Crippen molar-refractivity contribution < 1.29 is 9.84 Å². The first-order valence-corrected chi connectivity index (χ1v) is 8.72. The molecule has 0 bridgehead atoms. The third kappa shape index (κ3) is 4.73. The first-order chi connectivity index (χ1) is 11.1. The van der Waals surface area contributed by atoms with Gasteiger partial charge in [-0.05, 0) is 33.2 Å². The summed E-state index contributed by atoms with van der Waals surface area (Å²) in [5.74, 6) is 0. The highest BCUT2D eigenvalue weighted by molar-refractivity contribution is 4.83. The van der Waals surface area contributed by atoms with E-state index in [0.29, 0.717) is 6.04 Å². The van der Waals surface area contributed by atoms with Crippen molar-refractivity contribution in [1.82, 2.24) is 24.6 Å². The maximum atomic E-state index is 10.5. The van der Waals surface area contributed by atoms with E-state index < -0.39 is 0 Å². The molecule has 2 fully saturated rings. The number of aromatic nitrogens is 3. The number of morpholine rings is 1. The third-order valence-electron chi connectivity index (χ3n) is 4.77. The minimum Gasteiger partial charge on any atom is -0.390 e. The fourth-order valence-electron chi connectivity index (χ4n) is 3.95. The molecule has 0 spiro atoms. The lowest BCUT2D eigenvalue weighted by atomic mass is 10.2. The SMILES string of the molecule is C[C@@H]1CN(C[C@H](O)CN2CCC[C@H]2Cn2cncn2)C[C@@H](C)O1. The number of hydrogen-bond donors (Lipinski definition) is 1. The van der Waals surface area contributed by atoms with Crippen molar-refractivity contribution in [1.29, 1.82) is 0 Å². The van der Waals surface area contributed by atoms with E-state index in [0.717, 1.165) is 45.7 Å². The quantitative estimate of drug-likeness (QED) is 0.807. The number of ether oxygens (including phenoxy) is 1. The van der Waals surface area contributed by atoms with Crippen LogP contribution in [0.4, 0.5) is 0 Å². The van der Waals surface area contributed by atoms with Gasteiger partial charge in [-0.1, -0.05) is 0 Å². The maximum absolute atomic E-state index is 10.5. The molecule has 1 aromatic heterocycles. The van der Waals surface area contributed by atoms with Crippen LogP contribution in [0.5, 0.6) is 0 Å². The van der Waals surface area contributed by atoms with E-state index in [9.17, 15) is 5.11 Å². The van der Waals surface area contributed by atoms with E-state index in [2.05, 4.69) is 33.7 Å². The first-order valence-electron chi connectivity index (χ1n) is 8.72. The molecule has 7 heteroatoms. The zero-order valence-electron chi connectivity index (χ0n) is 14.2. The van der Waals surface area contributed by atoms with E-state index in [1.54, 1.807) is 12.7 Å². The van der Waals surface area contributed by atoms with Crippen LogP contribution in [0, 0.1) is 0 Å². The third-order valence-corrected chi connectivity index (χ3v) is 4.77. The van der Waals surface area contributed by atoms with Gasteiger partial charge in [0, 0.05) is 32.2 Å². The summed E-state index contributed by atoms with van der Waals surface area (Å²) < 4.78 is 7.65. The topological polar surface area (TPSA) is 66.7 Å². The van der Waals surface area contributed by atoms with E-state index in [4.69, 9.17) is 4.74 Å². The Morgan fingerprint density at radius 2 is 2.04 bits per heavy atom. The van der Waals surface area contributed by atoms with Crippen molar-refractivity contribution in [3.8, 4) is 0 Å². The Balaban J connectivity index is 1.47. The molecular formula is C16H29N5O2. The number of aliphatic hydroxyl groups is 1. The number of rotatable bonds is 6. The molecular weight excluding hydrogens is 294 g/mol. The molecule has 0 aliphatic carbocycles. The van der Waals surface area contributed by atoms with Crippen LogP contribution in [-0.4, -0.2) is 86.7 Å². The number of aliphatic hydroxyl groups excluding tert-OH is 1. The Hall–Kier alpha value is -1.02. The summed E-state index contributed by atoms with van der Waals surface area (Å²) in [7, 11) is 0. The highest BCUT2D eigenvalue weighted by atomic mass is 16.5. The molecule has 0 aromatic carbocycles. The van der Waals surface area contributed by atoms with Gasteiger partial charge in [-0.15, -0.1) is 0 Å². The lowest BCUT2D eigenvalue weighted by Gasteiger charge is -2.37. The van der Waals surface area contributed by atoms with Gasteiger partial charge in [0.1, 0.15) is 12.7 Å². The monoisotopic (exact) mass is 323 g/mol. The summed E-state index contributed by atoms with van der Waals surface area (Å²) in [6.45, 7) is 9.40. The second-order valence-corrected chi connectivity index (χ2v) is 7.04. The molecule has 2 aliphatic heterocycles. The van der Waals surface area contributed by atoms with Gasteiger partial charge in [-0.2, -0.15) is 5.10 Å². The fourth-order valence-corrected chi connectivity index (χ4v) is 3.95. The molecule has 0 saturated carbocycles. The number of β-amino-alcohol motifs (C(OH)–C–C–N with tert-alkyl or cyclic N) is 1. The van der Waals surface area contributed by atoms with Crippen molar-refractivity contribution in [3.05, 3.63) is 12.7 Å². The average molecular weight is 323 g/mol. The molecule has 3 heterocycles. The van der Waals surface area contributed by atoms with E-state index >= 15 is 0 Å². The molecule has 130 valence electrons. The normalized spacial score (nSPS) is 31.5. The van der Waals surface area contributed by atoms with Gasteiger partial charge < -0.3 is 9.84 Å². The molecule has 2 saturated heterocycles. The van der Waals surface area contributed by atoms with Crippen LogP contribution in [0.15, 0.2) is 12.7 Å². The van der Waals surface area contributed by atoms with Crippen LogP contribution in [0.1, 0.15) is 26.7 Å². The zero-order valence-corrected chi connectivity index (χ0v) is 14.2. The molecule has 0 unspecified atom stereocenters. The highest BCUT2D eigenvalue weighted by Gasteiger charge is 2.29. The summed E-state index contributed by atoms with van der Waals surface area (Å²) >= 11 is 0. The predicted molar refractivity (Wildman–Crippen MR) is 87.1 cm³/mol. The summed E-state index contributed by atoms with van der Waals surface area (Å²) in [6, 6.07) is 0.453. The van der Waals surface area contributed by atoms with E-state index in [-0.39, 0.29) is 18.3 Å². The summed E-state index contributed by atoms with van der Waals surface area (Å²) in [4.78, 5) is 8.73. The molecule has 23 heavy (non-hydrogen) atoms. The van der Waals surface area contributed by atoms with Crippen molar-refractivity contribution in [2.45, 2.75) is 57.6 Å². The molecule has 1 N–H and O–H groups in total. The van der Waals surface area contributed by atoms with E-state index in [1.165, 1.54) is 6.42 Å². The van der Waals surface area contributed by atoms with Crippen LogP contribution < -0.4 is 0 Å². The Morgan fingerprint density at radius 3 is 2.74 bits per heavy atom. The van der Waals surface area contributed by atoms with Gasteiger partial charge in [0.25, 0.3) is 0 Å². The molecule has 1 aromatic rings. The first kappa shape index (κ1) is 16.8. The van der Waals surface area contributed by atoms with Crippen LogP contribution in [0.2, 0.25) is 0 Å². The van der Waals surface area contributed by atoms with Gasteiger partial charge in [0.05, 0.1) is 24.9 Å². The summed E-state index contributed by atoms with van der Waals surface area (Å²) in [6.07, 6.45) is 5.88. The Bertz CT molecular complexity index is 459. The Labute approximate surface area is 138 Å². The predicted octanol–water partition coefficient (Wildman–Crippen LogP) is 0.213. The maximum Gasteiger partial charge on any atom is 0.137 e.